The molecular weight excluding hydrogens is 733 g/mol. The van der Waals surface area contributed by atoms with E-state index < -0.39 is 6.04 Å². The number of aliphatic hydroxyl groups is 1. The Kier molecular flexibility index (Phi) is 15.7. The van der Waals surface area contributed by atoms with Crippen LogP contribution in [0.25, 0.3) is 21.8 Å². The second-order valence-electron chi connectivity index (χ2n) is 17.1. The fraction of sp³-hybridized carbons (Fsp3) is 0.543. The van der Waals surface area contributed by atoms with Gasteiger partial charge in [0.2, 0.25) is 11.8 Å². The third-order valence-corrected chi connectivity index (χ3v) is 11.7. The molecule has 2 heterocycles. The maximum absolute atomic E-state index is 13.0. The molecular formula is C46H64N6O6. The fourth-order valence-electron chi connectivity index (χ4n) is 8.74. The Morgan fingerprint density at radius 2 is 1.10 bits per heavy atom. The van der Waals surface area contributed by atoms with Gasteiger partial charge in [0.25, 0.3) is 11.8 Å². The van der Waals surface area contributed by atoms with Crippen molar-refractivity contribution in [3.63, 3.8) is 0 Å². The van der Waals surface area contributed by atoms with Gasteiger partial charge in [-0.2, -0.15) is 0 Å². The van der Waals surface area contributed by atoms with Crippen molar-refractivity contribution in [2.75, 3.05) is 6.61 Å². The number of carbonyl (C=O) groups excluding carboxylic acids is 5. The fourth-order valence-corrected chi connectivity index (χ4v) is 8.74. The number of hydrogen-bond donors (Lipinski definition) is 5. The van der Waals surface area contributed by atoms with E-state index in [4.69, 9.17) is 0 Å². The van der Waals surface area contributed by atoms with E-state index in [-0.39, 0.29) is 60.2 Å². The van der Waals surface area contributed by atoms with Crippen LogP contribution in [0.5, 0.6) is 0 Å². The molecule has 12 heteroatoms. The highest BCUT2D eigenvalue weighted by Crippen LogP contribution is 2.28. The molecule has 6 atom stereocenters. The molecule has 0 saturated heterocycles. The summed E-state index contributed by atoms with van der Waals surface area (Å²) in [6, 6.07) is 18.4. The highest BCUT2D eigenvalue weighted by molar-refractivity contribution is 6.00. The second kappa shape index (κ2) is 20.6. The molecule has 2 aliphatic carbocycles. The van der Waals surface area contributed by atoms with Gasteiger partial charge in [0.05, 0.1) is 30.5 Å². The Labute approximate surface area is 342 Å². The second-order valence-corrected chi connectivity index (χ2v) is 17.1. The van der Waals surface area contributed by atoms with Crippen LogP contribution < -0.4 is 21.3 Å². The predicted octanol–water partition coefficient (Wildman–Crippen LogP) is 6.19. The van der Waals surface area contributed by atoms with E-state index in [0.717, 1.165) is 85.9 Å². The summed E-state index contributed by atoms with van der Waals surface area (Å²) in [5.74, 6) is -0.367. The number of hydrogen-bond acceptors (Lipinski definition) is 6. The number of para-hydroxylation sites is 2. The van der Waals surface area contributed by atoms with Crippen LogP contribution in [0.3, 0.4) is 0 Å². The normalized spacial score (nSPS) is 20.5. The van der Waals surface area contributed by atoms with Crippen LogP contribution in [0.2, 0.25) is 0 Å². The molecule has 2 fully saturated rings. The van der Waals surface area contributed by atoms with Crippen LogP contribution in [0.1, 0.15) is 113 Å². The van der Waals surface area contributed by atoms with Crippen molar-refractivity contribution in [2.24, 2.45) is 37.8 Å². The van der Waals surface area contributed by atoms with Crippen LogP contribution in [0.15, 0.2) is 60.7 Å². The summed E-state index contributed by atoms with van der Waals surface area (Å²) in [5, 5.41) is 23.7. The van der Waals surface area contributed by atoms with E-state index in [1.165, 1.54) is 0 Å². The molecule has 2 saturated carbocycles. The van der Waals surface area contributed by atoms with Crippen molar-refractivity contribution in [3.8, 4) is 0 Å². The highest BCUT2D eigenvalue weighted by atomic mass is 16.3. The Balaban J connectivity index is 0.000000221. The minimum Gasteiger partial charge on any atom is -0.394 e. The van der Waals surface area contributed by atoms with Crippen LogP contribution in [-0.4, -0.2) is 74.9 Å². The number of nitrogens with zero attached hydrogens (tertiary/aromatic N) is 2. The van der Waals surface area contributed by atoms with E-state index in [0.29, 0.717) is 29.6 Å². The van der Waals surface area contributed by atoms with Crippen LogP contribution >= 0.6 is 0 Å². The first-order valence-corrected chi connectivity index (χ1v) is 21.2. The van der Waals surface area contributed by atoms with Gasteiger partial charge in [-0.1, -0.05) is 89.8 Å². The lowest BCUT2D eigenvalue weighted by molar-refractivity contribution is -0.129. The number of rotatable bonds is 14. The van der Waals surface area contributed by atoms with Gasteiger partial charge in [-0.3, -0.25) is 19.2 Å². The van der Waals surface area contributed by atoms with E-state index in [1.807, 2.05) is 97.7 Å². The zero-order valence-corrected chi connectivity index (χ0v) is 35.1. The predicted molar refractivity (Wildman–Crippen MR) is 228 cm³/mol. The molecule has 4 amide bonds. The third kappa shape index (κ3) is 11.2. The van der Waals surface area contributed by atoms with Gasteiger partial charge in [-0.15, -0.1) is 0 Å². The molecule has 2 aromatic heterocycles. The lowest BCUT2D eigenvalue weighted by Gasteiger charge is -2.32. The lowest BCUT2D eigenvalue weighted by Crippen LogP contribution is -2.51. The first-order chi connectivity index (χ1) is 27.8. The topological polar surface area (TPSA) is 164 Å². The largest absolute Gasteiger partial charge is 0.394 e. The average molecular weight is 797 g/mol. The number of nitrogens with one attached hydrogen (secondary N) is 4. The van der Waals surface area contributed by atoms with E-state index in [1.54, 1.807) is 0 Å². The molecule has 4 aromatic rings. The standard InChI is InChI=1S/C23H33N3O3.C23H31N3O3/c2*1-15(2)12-17(14-27)24-22(28)18-9-5-6-10-19(18)25-23(29)21-13-16-8-4-7-11-20(16)26(21)3/h4,7-8,11,13,15,17-19,27H,5-6,9-10,12,14H2,1-3H3,(H,24,28)(H,25,29);4,7-8,11,13-15,17-19H,5-6,9-10,12H2,1-3H3,(H,24,28)(H,25,29)/t2*17-,18+,19-/m00/s1. The monoisotopic (exact) mass is 796 g/mol. The smallest absolute Gasteiger partial charge is 0.268 e. The van der Waals surface area contributed by atoms with Gasteiger partial charge in [-0.05, 0) is 74.6 Å². The lowest BCUT2D eigenvalue weighted by atomic mass is 9.83. The summed E-state index contributed by atoms with van der Waals surface area (Å²) in [7, 11) is 3.77. The Bertz CT molecular complexity index is 2030. The third-order valence-electron chi connectivity index (χ3n) is 11.7. The maximum atomic E-state index is 13.0. The number of carbonyl (C=O) groups is 5. The van der Waals surface area contributed by atoms with E-state index >= 15 is 0 Å². The van der Waals surface area contributed by atoms with Crippen molar-refractivity contribution in [1.29, 1.82) is 0 Å². The Morgan fingerprint density at radius 1 is 0.672 bits per heavy atom. The summed E-state index contributed by atoms with van der Waals surface area (Å²) < 4.78 is 3.78. The molecule has 0 aliphatic heterocycles. The number of aryl methyl sites for hydroxylation is 2. The van der Waals surface area contributed by atoms with Gasteiger partial charge in [0, 0.05) is 48.0 Å². The molecule has 2 aliphatic rings. The number of aldehydes is 1. The first kappa shape index (κ1) is 44.1. The van der Waals surface area contributed by atoms with Gasteiger partial charge in [0.1, 0.15) is 17.7 Å². The molecule has 314 valence electrons. The summed E-state index contributed by atoms with van der Waals surface area (Å²) in [4.78, 5) is 63.1. The SMILES string of the molecule is CC(C)C[C@@H](C=O)NC(=O)[C@@H]1CCCC[C@@H]1NC(=O)c1cc2ccccc2n1C.CC(C)C[C@@H](CO)NC(=O)[C@@H]1CCCC[C@@H]1NC(=O)c1cc2ccccc2n1C. The molecule has 0 unspecified atom stereocenters. The summed E-state index contributed by atoms with van der Waals surface area (Å²) in [6.07, 6.45) is 9.12. The van der Waals surface area contributed by atoms with Crippen molar-refractivity contribution in [2.45, 2.75) is 116 Å². The molecule has 58 heavy (non-hydrogen) atoms. The van der Waals surface area contributed by atoms with Crippen molar-refractivity contribution in [3.05, 3.63) is 72.1 Å². The maximum Gasteiger partial charge on any atom is 0.268 e. The van der Waals surface area contributed by atoms with Gasteiger partial charge < -0.3 is 40.3 Å². The van der Waals surface area contributed by atoms with Crippen LogP contribution in [0, 0.1) is 23.7 Å². The quantitative estimate of drug-likeness (QED) is 0.0957. The zero-order chi connectivity index (χ0) is 41.9. The molecule has 12 nitrogen and oxygen atoms in total. The number of aliphatic hydroxyl groups excluding tert-OH is 1. The van der Waals surface area contributed by atoms with Crippen LogP contribution in [0.4, 0.5) is 0 Å². The summed E-state index contributed by atoms with van der Waals surface area (Å²) in [5.41, 5.74) is 3.19. The molecule has 0 radical (unpaired) electrons. The molecule has 5 N–H and O–H groups in total. The number of fused-ring (bicyclic) bond motifs is 2. The van der Waals surface area contributed by atoms with E-state index in [2.05, 4.69) is 35.1 Å². The number of aromatic nitrogens is 2. The highest BCUT2D eigenvalue weighted by Gasteiger charge is 2.35. The van der Waals surface area contributed by atoms with E-state index in [9.17, 15) is 29.1 Å². The van der Waals surface area contributed by atoms with Crippen molar-refractivity contribution >= 4 is 51.7 Å². The average Bonchev–Trinajstić information content (AvgIpc) is 3.73. The first-order valence-electron chi connectivity index (χ1n) is 21.2. The Hall–Kier alpha value is -4.97. The minimum absolute atomic E-state index is 0.0632. The number of amides is 4. The molecule has 0 spiro atoms. The molecule has 0 bridgehead atoms. The minimum atomic E-state index is -0.473. The van der Waals surface area contributed by atoms with Gasteiger partial charge in [-0.25, -0.2) is 0 Å². The van der Waals surface area contributed by atoms with Gasteiger partial charge >= 0.3 is 0 Å². The van der Waals surface area contributed by atoms with Crippen molar-refractivity contribution in [1.82, 2.24) is 30.4 Å². The van der Waals surface area contributed by atoms with Crippen molar-refractivity contribution < 1.29 is 29.1 Å². The van der Waals surface area contributed by atoms with Gasteiger partial charge in [0.15, 0.2) is 0 Å². The summed E-state index contributed by atoms with van der Waals surface area (Å²) in [6.45, 7) is 8.13. The molecule has 6 rings (SSSR count). The van der Waals surface area contributed by atoms with Crippen LogP contribution in [-0.2, 0) is 28.5 Å². The Morgan fingerprint density at radius 3 is 1.52 bits per heavy atom. The molecule has 2 aromatic carbocycles. The zero-order valence-electron chi connectivity index (χ0n) is 35.1. The summed E-state index contributed by atoms with van der Waals surface area (Å²) >= 11 is 0. The number of benzene rings is 2.